The van der Waals surface area contributed by atoms with Crippen molar-refractivity contribution in [3.63, 3.8) is 0 Å². The molecule has 1 aromatic heterocycles. The van der Waals surface area contributed by atoms with Gasteiger partial charge in [0.2, 0.25) is 5.91 Å². The van der Waals surface area contributed by atoms with Gasteiger partial charge in [-0.2, -0.15) is 0 Å². The Morgan fingerprint density at radius 3 is 2.46 bits per heavy atom. The highest BCUT2D eigenvalue weighted by molar-refractivity contribution is 7.99. The fourth-order valence-corrected chi connectivity index (χ4v) is 4.50. The van der Waals surface area contributed by atoms with Crippen LogP contribution in [0.1, 0.15) is 43.0 Å². The summed E-state index contributed by atoms with van der Waals surface area (Å²) in [7, 11) is 1.58. The minimum Gasteiger partial charge on any atom is -0.497 e. The highest BCUT2D eigenvalue weighted by atomic mass is 35.5. The number of amides is 2. The average Bonchev–Trinajstić information content (AvgIpc) is 3.26. The highest BCUT2D eigenvalue weighted by Gasteiger charge is 2.26. The molecular weight excluding hydrogens is 509 g/mol. The Labute approximate surface area is 218 Å². The molecule has 0 aliphatic heterocycles. The second kappa shape index (κ2) is 12.3. The minimum absolute atomic E-state index is 0.0535. The fourth-order valence-electron chi connectivity index (χ4n) is 3.35. The van der Waals surface area contributed by atoms with Crippen molar-refractivity contribution >= 4 is 52.5 Å². The number of carbonyl (C=O) groups excluding carboxylic acids is 2. The van der Waals surface area contributed by atoms with Gasteiger partial charge in [-0.05, 0) is 49.2 Å². The molecule has 2 amide bonds. The number of thioether (sulfide) groups is 1. The van der Waals surface area contributed by atoms with Gasteiger partial charge in [-0.1, -0.05) is 54.9 Å². The second-order valence-corrected chi connectivity index (χ2v) is 9.67. The lowest BCUT2D eigenvalue weighted by Gasteiger charge is -2.22. The van der Waals surface area contributed by atoms with Gasteiger partial charge in [0.05, 0.1) is 34.6 Å². The summed E-state index contributed by atoms with van der Waals surface area (Å²) in [4.78, 5) is 25.4. The van der Waals surface area contributed by atoms with Gasteiger partial charge in [0.15, 0.2) is 11.0 Å². The van der Waals surface area contributed by atoms with Crippen LogP contribution in [0.5, 0.6) is 5.75 Å². The van der Waals surface area contributed by atoms with E-state index in [-0.39, 0.29) is 29.5 Å². The number of hydrogen-bond donors (Lipinski definition) is 2. The molecule has 3 rings (SSSR count). The molecule has 1 heterocycles. The molecule has 186 valence electrons. The van der Waals surface area contributed by atoms with Gasteiger partial charge in [-0.15, -0.1) is 10.2 Å². The van der Waals surface area contributed by atoms with Gasteiger partial charge in [-0.25, -0.2) is 0 Å². The molecule has 0 radical (unpaired) electrons. The normalized spacial score (nSPS) is 11.9. The van der Waals surface area contributed by atoms with E-state index in [9.17, 15) is 9.59 Å². The summed E-state index contributed by atoms with van der Waals surface area (Å²) in [5.41, 5.74) is 0.966. The van der Waals surface area contributed by atoms with Crippen LogP contribution in [0.2, 0.25) is 10.0 Å². The average molecular weight is 536 g/mol. The lowest BCUT2D eigenvalue weighted by atomic mass is 10.0. The van der Waals surface area contributed by atoms with Crippen molar-refractivity contribution in [1.82, 2.24) is 20.1 Å². The second-order valence-electron chi connectivity index (χ2n) is 7.95. The number of ether oxygens (including phenoxy) is 1. The van der Waals surface area contributed by atoms with Crippen LogP contribution in [-0.4, -0.2) is 39.4 Å². The summed E-state index contributed by atoms with van der Waals surface area (Å²) in [5.74, 6) is 0.994. The van der Waals surface area contributed by atoms with Crippen LogP contribution < -0.4 is 15.4 Å². The third-order valence-electron chi connectivity index (χ3n) is 5.20. The molecule has 0 unspecified atom stereocenters. The quantitative estimate of drug-likeness (QED) is 0.334. The van der Waals surface area contributed by atoms with Crippen LogP contribution in [0.3, 0.4) is 0 Å². The van der Waals surface area contributed by atoms with Gasteiger partial charge >= 0.3 is 0 Å². The maximum atomic E-state index is 12.9. The fraction of sp³-hybridized carbons (Fsp3) is 0.333. The maximum absolute atomic E-state index is 12.9. The molecule has 11 heteroatoms. The number of benzene rings is 2. The zero-order valence-electron chi connectivity index (χ0n) is 19.8. The van der Waals surface area contributed by atoms with E-state index in [4.69, 9.17) is 27.9 Å². The zero-order chi connectivity index (χ0) is 25.5. The van der Waals surface area contributed by atoms with Crippen molar-refractivity contribution in [2.45, 2.75) is 38.5 Å². The molecule has 35 heavy (non-hydrogen) atoms. The summed E-state index contributed by atoms with van der Waals surface area (Å²) >= 11 is 13.4. The van der Waals surface area contributed by atoms with E-state index in [1.807, 2.05) is 25.3 Å². The summed E-state index contributed by atoms with van der Waals surface area (Å²) in [5, 5.41) is 15.7. The Kier molecular flexibility index (Phi) is 9.42. The van der Waals surface area contributed by atoms with E-state index in [0.29, 0.717) is 44.6 Å². The number of rotatable bonds is 10. The topological polar surface area (TPSA) is 98.1 Å². The number of halogens is 2. The smallest absolute Gasteiger partial charge is 0.251 e. The Hall–Kier alpha value is -2.75. The predicted octanol–water partition coefficient (Wildman–Crippen LogP) is 5.47. The monoisotopic (exact) mass is 535 g/mol. The number of methoxy groups -OCH3 is 1. The number of aromatic nitrogens is 3. The molecule has 1 atom stereocenters. The highest BCUT2D eigenvalue weighted by Crippen LogP contribution is 2.30. The summed E-state index contributed by atoms with van der Waals surface area (Å²) < 4.78 is 7.06. The van der Waals surface area contributed by atoms with Gasteiger partial charge in [0.1, 0.15) is 5.75 Å². The Balaban J connectivity index is 1.71. The number of anilines is 1. The lowest BCUT2D eigenvalue weighted by Crippen LogP contribution is -2.33. The van der Waals surface area contributed by atoms with Crippen LogP contribution in [-0.2, 0) is 11.3 Å². The van der Waals surface area contributed by atoms with E-state index in [0.717, 1.165) is 0 Å². The van der Waals surface area contributed by atoms with E-state index < -0.39 is 0 Å². The molecule has 3 aromatic rings. The maximum Gasteiger partial charge on any atom is 0.251 e. The SMILES string of the molecule is CCn1c(SCC(=O)Nc2cccc(Cl)c2Cl)nnc1[C@@H](NC(=O)c1ccc(OC)cc1)C(C)C. The summed E-state index contributed by atoms with van der Waals surface area (Å²) in [6.45, 7) is 6.55. The standard InChI is InChI=1S/C24H27Cl2N5O3S/c1-5-31-22(21(14(2)3)28-23(33)15-9-11-16(34-4)12-10-15)29-30-24(31)35-13-19(32)27-18-8-6-7-17(25)20(18)26/h6-12,14,21H,5,13H2,1-4H3,(H,27,32)(H,28,33)/t21-/m0/s1. The first-order valence-corrected chi connectivity index (χ1v) is 12.7. The van der Waals surface area contributed by atoms with Crippen LogP contribution in [0, 0.1) is 5.92 Å². The predicted molar refractivity (Wildman–Crippen MR) is 140 cm³/mol. The van der Waals surface area contributed by atoms with Gasteiger partial charge < -0.3 is 19.9 Å². The summed E-state index contributed by atoms with van der Waals surface area (Å²) in [6, 6.07) is 11.6. The van der Waals surface area contributed by atoms with E-state index in [2.05, 4.69) is 20.8 Å². The zero-order valence-corrected chi connectivity index (χ0v) is 22.2. The van der Waals surface area contributed by atoms with Crippen LogP contribution >= 0.6 is 35.0 Å². The van der Waals surface area contributed by atoms with Gasteiger partial charge in [0.25, 0.3) is 5.91 Å². The van der Waals surface area contributed by atoms with Gasteiger partial charge in [0, 0.05) is 12.1 Å². The number of nitrogens with one attached hydrogen (secondary N) is 2. The van der Waals surface area contributed by atoms with E-state index in [1.165, 1.54) is 11.8 Å². The Morgan fingerprint density at radius 1 is 1.11 bits per heavy atom. The van der Waals surface area contributed by atoms with Crippen LogP contribution in [0.25, 0.3) is 0 Å². The van der Waals surface area contributed by atoms with Crippen molar-refractivity contribution in [2.24, 2.45) is 5.92 Å². The molecule has 0 fully saturated rings. The molecule has 2 N–H and O–H groups in total. The lowest BCUT2D eigenvalue weighted by molar-refractivity contribution is -0.113. The molecule has 8 nitrogen and oxygen atoms in total. The van der Waals surface area contributed by atoms with Gasteiger partial charge in [-0.3, -0.25) is 9.59 Å². The Morgan fingerprint density at radius 2 is 1.83 bits per heavy atom. The summed E-state index contributed by atoms with van der Waals surface area (Å²) in [6.07, 6.45) is 0. The van der Waals surface area contributed by atoms with Crippen molar-refractivity contribution in [1.29, 1.82) is 0 Å². The first-order chi connectivity index (χ1) is 16.7. The third kappa shape index (κ3) is 6.68. The van der Waals surface area contributed by atoms with E-state index >= 15 is 0 Å². The molecule has 2 aromatic carbocycles. The molecule has 0 aliphatic rings. The molecule has 0 bridgehead atoms. The molecule has 0 aliphatic carbocycles. The van der Waals surface area contributed by atoms with E-state index in [1.54, 1.807) is 49.6 Å². The third-order valence-corrected chi connectivity index (χ3v) is 6.99. The number of hydrogen-bond acceptors (Lipinski definition) is 6. The molecule has 0 saturated carbocycles. The van der Waals surface area contributed by atoms with Crippen LogP contribution in [0.15, 0.2) is 47.6 Å². The molecular formula is C24H27Cl2N5O3S. The minimum atomic E-state index is -0.370. The molecule has 0 spiro atoms. The first kappa shape index (κ1) is 26.8. The van der Waals surface area contributed by atoms with Crippen molar-refractivity contribution in [3.05, 3.63) is 63.9 Å². The van der Waals surface area contributed by atoms with Crippen molar-refractivity contribution in [2.75, 3.05) is 18.2 Å². The first-order valence-electron chi connectivity index (χ1n) is 11.0. The van der Waals surface area contributed by atoms with Crippen molar-refractivity contribution in [3.8, 4) is 5.75 Å². The number of carbonyl (C=O) groups is 2. The Bertz CT molecular complexity index is 1180. The van der Waals surface area contributed by atoms with Crippen LogP contribution in [0.4, 0.5) is 5.69 Å². The number of nitrogens with zero attached hydrogens (tertiary/aromatic N) is 3. The van der Waals surface area contributed by atoms with Crippen molar-refractivity contribution < 1.29 is 14.3 Å². The molecule has 0 saturated heterocycles. The largest absolute Gasteiger partial charge is 0.497 e.